The zero-order valence-electron chi connectivity index (χ0n) is 25.0. The molecule has 0 saturated heterocycles. The number of carboxylic acids is 2. The molecule has 0 saturated carbocycles. The van der Waals surface area contributed by atoms with Crippen LogP contribution in [-0.2, 0) is 22.4 Å². The molecule has 2 aromatic rings. The van der Waals surface area contributed by atoms with Crippen molar-refractivity contribution in [3.63, 3.8) is 0 Å². The number of carbonyl (C=O) groups is 2. The summed E-state index contributed by atoms with van der Waals surface area (Å²) in [7, 11) is 0. The molecule has 0 fully saturated rings. The largest absolute Gasteiger partial charge is 0.479 e. The molecule has 42 heavy (non-hydrogen) atoms. The summed E-state index contributed by atoms with van der Waals surface area (Å²) < 4.78 is 0. The molecule has 238 valence electrons. The van der Waals surface area contributed by atoms with Crippen molar-refractivity contribution < 1.29 is 30.0 Å². The third-order valence-electron chi connectivity index (χ3n) is 6.23. The van der Waals surface area contributed by atoms with E-state index in [0.717, 1.165) is 49.1 Å². The van der Waals surface area contributed by atoms with E-state index in [4.69, 9.17) is 43.6 Å². The second-order valence-corrected chi connectivity index (χ2v) is 10.9. The van der Waals surface area contributed by atoms with E-state index in [2.05, 4.69) is 34.9 Å². The minimum Gasteiger partial charge on any atom is -0.479 e. The topological polar surface area (TPSA) is 139 Å². The van der Waals surface area contributed by atoms with Gasteiger partial charge in [0.25, 0.3) is 0 Å². The van der Waals surface area contributed by atoms with Crippen molar-refractivity contribution in [3.8, 4) is 0 Å². The van der Waals surface area contributed by atoms with Gasteiger partial charge in [0.05, 0.1) is 0 Å². The number of nitrogens with one attached hydrogen (secondary N) is 2. The van der Waals surface area contributed by atoms with Crippen LogP contribution in [-0.4, -0.2) is 70.8 Å². The van der Waals surface area contributed by atoms with Gasteiger partial charge in [-0.15, -0.1) is 0 Å². The van der Waals surface area contributed by atoms with Gasteiger partial charge < -0.3 is 31.1 Å². The lowest BCUT2D eigenvalue weighted by molar-refractivity contribution is -0.146. The Morgan fingerprint density at radius 1 is 0.595 bits per heavy atom. The van der Waals surface area contributed by atoms with Crippen molar-refractivity contribution in [2.75, 3.05) is 26.2 Å². The molecule has 0 aliphatic heterocycles. The molecule has 0 bridgehead atoms. The number of hydrogen-bond donors (Lipinski definition) is 6. The van der Waals surface area contributed by atoms with Crippen LogP contribution in [0.4, 0.5) is 0 Å². The highest BCUT2D eigenvalue weighted by atomic mass is 35.5. The summed E-state index contributed by atoms with van der Waals surface area (Å²) in [6.07, 6.45) is 10.3. The predicted molar refractivity (Wildman–Crippen MR) is 172 cm³/mol. The number of unbranched alkanes of at least 4 members (excludes halogenated alkanes) is 7. The Bertz CT molecular complexity index is 898. The molecule has 6 N–H and O–H groups in total. The first-order chi connectivity index (χ1) is 20.1. The number of aliphatic hydroxyl groups excluding tert-OH is 2. The van der Waals surface area contributed by atoms with Gasteiger partial charge in [0.2, 0.25) is 0 Å². The van der Waals surface area contributed by atoms with Crippen LogP contribution in [0.1, 0.15) is 76.3 Å². The minimum absolute atomic E-state index is 0.882. The van der Waals surface area contributed by atoms with Crippen molar-refractivity contribution in [3.05, 3.63) is 69.7 Å². The zero-order valence-corrected chi connectivity index (χ0v) is 26.5. The first-order valence-electron chi connectivity index (χ1n) is 14.8. The lowest BCUT2D eigenvalue weighted by Crippen LogP contribution is -2.18. The monoisotopic (exact) mass is 628 g/mol. The highest BCUT2D eigenvalue weighted by molar-refractivity contribution is 6.31. The molecule has 2 rings (SSSR count). The van der Waals surface area contributed by atoms with Crippen molar-refractivity contribution >= 4 is 35.1 Å². The van der Waals surface area contributed by atoms with Crippen molar-refractivity contribution in [2.24, 2.45) is 0 Å². The maximum Gasteiger partial charge on any atom is 0.332 e. The number of rotatable bonds is 19. The summed E-state index contributed by atoms with van der Waals surface area (Å²) in [5.74, 6) is -2.37. The Balaban J connectivity index is 0.00000117. The summed E-state index contributed by atoms with van der Waals surface area (Å²) in [4.78, 5) is 18.9. The minimum atomic E-state index is -1.23. The normalized spacial score (nSPS) is 11.9. The standard InChI is InChI=1S/C26H38Cl2N2.2C3H6O3/c27-25-15-9-7-13-23(25)17-21-29-19-11-5-3-1-2-4-6-12-20-30-22-18-24-14-8-10-16-26(24)28;2*1-2(4)3(5)6/h7-10,13-16,29-30H,1-6,11-12,17-22H2;2*2,4H,1H3,(H,5,6). The molecule has 0 aliphatic carbocycles. The quantitative estimate of drug-likeness (QED) is 0.104. The molecule has 8 nitrogen and oxygen atoms in total. The number of aliphatic carboxylic acids is 2. The maximum atomic E-state index is 9.45. The van der Waals surface area contributed by atoms with Gasteiger partial charge in [0, 0.05) is 10.0 Å². The number of carboxylic acid groups (broad SMARTS) is 2. The van der Waals surface area contributed by atoms with E-state index in [1.807, 2.05) is 24.3 Å². The summed E-state index contributed by atoms with van der Waals surface area (Å²) in [5, 5.41) is 40.4. The van der Waals surface area contributed by atoms with Crippen LogP contribution >= 0.6 is 23.2 Å². The first-order valence-corrected chi connectivity index (χ1v) is 15.5. The SMILES string of the molecule is CC(O)C(=O)O.CC(O)C(=O)O.Clc1ccccc1CCNCCCCCCCCCCNCCc1ccccc1Cl. The molecular formula is C32H50Cl2N2O6. The predicted octanol–water partition coefficient (Wildman–Crippen LogP) is 5.98. The Hall–Kier alpha value is -2.20. The van der Waals surface area contributed by atoms with E-state index >= 15 is 0 Å². The summed E-state index contributed by atoms with van der Waals surface area (Å²) in [6.45, 7) is 6.64. The Morgan fingerprint density at radius 3 is 1.17 bits per heavy atom. The fourth-order valence-electron chi connectivity index (χ4n) is 3.66. The summed E-state index contributed by atoms with van der Waals surface area (Å²) in [6, 6.07) is 16.2. The maximum absolute atomic E-state index is 9.45. The molecule has 2 aromatic carbocycles. The molecule has 0 aromatic heterocycles. The number of aliphatic hydroxyl groups is 2. The van der Waals surface area contributed by atoms with Crippen LogP contribution < -0.4 is 10.6 Å². The van der Waals surface area contributed by atoms with E-state index in [1.54, 1.807) is 0 Å². The molecule has 2 atom stereocenters. The average Bonchev–Trinajstić information content (AvgIpc) is 2.95. The average molecular weight is 630 g/mol. The molecule has 0 heterocycles. The second-order valence-electron chi connectivity index (χ2n) is 10.0. The third-order valence-corrected chi connectivity index (χ3v) is 6.97. The van der Waals surface area contributed by atoms with Gasteiger partial charge in [-0.3, -0.25) is 0 Å². The first kappa shape index (κ1) is 39.8. The Kier molecular flexibility index (Phi) is 25.0. The third kappa shape index (κ3) is 23.4. The Labute approximate surface area is 261 Å². The molecular weight excluding hydrogens is 579 g/mol. The summed E-state index contributed by atoms with van der Waals surface area (Å²) >= 11 is 12.4. The van der Waals surface area contributed by atoms with Gasteiger partial charge in [0.15, 0.2) is 0 Å². The van der Waals surface area contributed by atoms with E-state index in [9.17, 15) is 9.59 Å². The van der Waals surface area contributed by atoms with E-state index in [-0.39, 0.29) is 0 Å². The Morgan fingerprint density at radius 2 is 0.881 bits per heavy atom. The highest BCUT2D eigenvalue weighted by Gasteiger charge is 2.02. The lowest BCUT2D eigenvalue weighted by Gasteiger charge is -2.07. The van der Waals surface area contributed by atoms with Crippen LogP contribution in [0, 0.1) is 0 Å². The van der Waals surface area contributed by atoms with Gasteiger partial charge in [-0.05, 0) is 89.0 Å². The van der Waals surface area contributed by atoms with Crippen LogP contribution in [0.15, 0.2) is 48.5 Å². The van der Waals surface area contributed by atoms with Crippen LogP contribution in [0.2, 0.25) is 10.0 Å². The fourth-order valence-corrected chi connectivity index (χ4v) is 4.12. The van der Waals surface area contributed by atoms with E-state index in [1.165, 1.54) is 76.3 Å². The van der Waals surface area contributed by atoms with Gasteiger partial charge in [-0.1, -0.05) is 98.1 Å². The van der Waals surface area contributed by atoms with Gasteiger partial charge in [0.1, 0.15) is 12.2 Å². The number of hydrogen-bond acceptors (Lipinski definition) is 6. The van der Waals surface area contributed by atoms with Crippen LogP contribution in [0.25, 0.3) is 0 Å². The molecule has 0 aliphatic rings. The molecule has 0 amide bonds. The van der Waals surface area contributed by atoms with Gasteiger partial charge >= 0.3 is 11.9 Å². The summed E-state index contributed by atoms with van der Waals surface area (Å²) in [5.41, 5.74) is 2.48. The van der Waals surface area contributed by atoms with Gasteiger partial charge in [-0.25, -0.2) is 9.59 Å². The number of halogens is 2. The van der Waals surface area contributed by atoms with Crippen molar-refractivity contribution in [1.82, 2.24) is 10.6 Å². The molecule has 10 heteroatoms. The number of benzene rings is 2. The molecule has 0 radical (unpaired) electrons. The lowest BCUT2D eigenvalue weighted by atomic mass is 10.1. The smallest absolute Gasteiger partial charge is 0.332 e. The zero-order chi connectivity index (χ0) is 31.6. The van der Waals surface area contributed by atoms with Crippen molar-refractivity contribution in [1.29, 1.82) is 0 Å². The van der Waals surface area contributed by atoms with E-state index in [0.29, 0.717) is 0 Å². The highest BCUT2D eigenvalue weighted by Crippen LogP contribution is 2.15. The van der Waals surface area contributed by atoms with Gasteiger partial charge in [-0.2, -0.15) is 0 Å². The fraction of sp³-hybridized carbons (Fsp3) is 0.562. The van der Waals surface area contributed by atoms with E-state index < -0.39 is 24.1 Å². The molecule has 2 unspecified atom stereocenters. The van der Waals surface area contributed by atoms with Crippen molar-refractivity contribution in [2.45, 2.75) is 90.3 Å². The second kappa shape index (κ2) is 26.4. The molecule has 0 spiro atoms. The van der Waals surface area contributed by atoms with Crippen LogP contribution in [0.3, 0.4) is 0 Å². The van der Waals surface area contributed by atoms with Crippen LogP contribution in [0.5, 0.6) is 0 Å².